The summed E-state index contributed by atoms with van der Waals surface area (Å²) >= 11 is 14.6. The van der Waals surface area contributed by atoms with Gasteiger partial charge >= 0.3 is 0 Å². The number of nitrogens with zero attached hydrogens (tertiary/aromatic N) is 1. The van der Waals surface area contributed by atoms with Crippen LogP contribution in [0.5, 0.6) is 11.5 Å². The summed E-state index contributed by atoms with van der Waals surface area (Å²) in [6.07, 6.45) is 1.51. The van der Waals surface area contributed by atoms with Gasteiger partial charge < -0.3 is 9.47 Å². The Morgan fingerprint density at radius 2 is 1.65 bits per heavy atom. The average molecular weight is 752 g/mol. The number of halogens is 3. The summed E-state index contributed by atoms with van der Waals surface area (Å²) in [6.45, 7) is 2.45. The summed E-state index contributed by atoms with van der Waals surface area (Å²) in [5, 5.41) is 4.98. The molecular formula is C31H28Cl2IN3O5S. The van der Waals surface area contributed by atoms with Gasteiger partial charge in [0.1, 0.15) is 12.6 Å². The van der Waals surface area contributed by atoms with Crippen LogP contribution in [-0.4, -0.2) is 33.2 Å². The zero-order valence-corrected chi connectivity index (χ0v) is 27.5. The van der Waals surface area contributed by atoms with E-state index < -0.39 is 22.0 Å². The topological polar surface area (TPSA) is 106 Å². The van der Waals surface area contributed by atoms with E-state index in [1.54, 1.807) is 36.4 Å². The first-order valence-electron chi connectivity index (χ1n) is 13.1. The second-order valence-electron chi connectivity index (χ2n) is 9.23. The highest BCUT2D eigenvalue weighted by Gasteiger charge is 2.26. The zero-order chi connectivity index (χ0) is 30.8. The Morgan fingerprint density at radius 1 is 0.953 bits per heavy atom. The van der Waals surface area contributed by atoms with E-state index in [-0.39, 0.29) is 17.9 Å². The Hall–Kier alpha value is -3.16. The van der Waals surface area contributed by atoms with Gasteiger partial charge in [0.05, 0.1) is 22.7 Å². The van der Waals surface area contributed by atoms with Crippen LogP contribution >= 0.6 is 45.8 Å². The van der Waals surface area contributed by atoms with E-state index in [2.05, 4.69) is 37.8 Å². The number of benzene rings is 4. The number of hydrazone groups is 1. The van der Waals surface area contributed by atoms with E-state index in [0.717, 1.165) is 14.7 Å². The third-order valence-corrected chi connectivity index (χ3v) is 8.78. The molecule has 2 N–H and O–H groups in total. The van der Waals surface area contributed by atoms with Crippen LogP contribution in [0.15, 0.2) is 101 Å². The number of nitrogens with one attached hydrogen (secondary N) is 2. The van der Waals surface area contributed by atoms with Crippen molar-refractivity contribution in [3.8, 4) is 11.5 Å². The predicted octanol–water partition coefficient (Wildman–Crippen LogP) is 6.62. The van der Waals surface area contributed by atoms with E-state index in [1.807, 2.05) is 49.4 Å². The van der Waals surface area contributed by atoms with Crippen molar-refractivity contribution in [2.45, 2.75) is 30.9 Å². The number of carbonyl (C=O) groups is 1. The molecule has 0 aromatic heterocycles. The van der Waals surface area contributed by atoms with Gasteiger partial charge in [0.25, 0.3) is 5.91 Å². The van der Waals surface area contributed by atoms with Crippen LogP contribution in [0, 0.1) is 3.57 Å². The lowest BCUT2D eigenvalue weighted by Gasteiger charge is -2.17. The molecule has 4 aromatic carbocycles. The number of hydrogen-bond acceptors (Lipinski definition) is 6. The van der Waals surface area contributed by atoms with Gasteiger partial charge in [0.15, 0.2) is 11.5 Å². The van der Waals surface area contributed by atoms with Crippen LogP contribution in [0.3, 0.4) is 0 Å². The van der Waals surface area contributed by atoms with Gasteiger partial charge in [-0.3, -0.25) is 4.79 Å². The lowest BCUT2D eigenvalue weighted by atomic mass is 10.1. The second kappa shape index (κ2) is 15.5. The fourth-order valence-electron chi connectivity index (χ4n) is 3.96. The van der Waals surface area contributed by atoms with Crippen LogP contribution in [-0.2, 0) is 27.8 Å². The summed E-state index contributed by atoms with van der Waals surface area (Å²) in [5.74, 6) is 0.143. The highest BCUT2D eigenvalue weighted by atomic mass is 127. The maximum atomic E-state index is 13.2. The number of hydrogen-bond donors (Lipinski definition) is 2. The lowest BCUT2D eigenvalue weighted by molar-refractivity contribution is -0.122. The second-order valence-corrected chi connectivity index (χ2v) is 13.0. The minimum Gasteiger partial charge on any atom is -0.490 e. The highest BCUT2D eigenvalue weighted by Crippen LogP contribution is 2.37. The van der Waals surface area contributed by atoms with E-state index in [0.29, 0.717) is 33.7 Å². The summed E-state index contributed by atoms with van der Waals surface area (Å²) in [6, 6.07) is 24.9. The zero-order valence-electron chi connectivity index (χ0n) is 23.0. The third-order valence-electron chi connectivity index (χ3n) is 6.04. The molecule has 224 valence electrons. The lowest BCUT2D eigenvalue weighted by Crippen LogP contribution is -2.46. The first kappa shape index (κ1) is 32.7. The van der Waals surface area contributed by atoms with Crippen LogP contribution in [0.25, 0.3) is 0 Å². The molecule has 0 aliphatic heterocycles. The molecule has 0 radical (unpaired) electrons. The Balaban J connectivity index is 1.49. The van der Waals surface area contributed by atoms with E-state index in [4.69, 9.17) is 32.7 Å². The molecule has 0 fully saturated rings. The molecule has 4 aromatic rings. The predicted molar refractivity (Wildman–Crippen MR) is 178 cm³/mol. The Bertz CT molecular complexity index is 1670. The van der Waals surface area contributed by atoms with Crippen LogP contribution in [0.1, 0.15) is 23.6 Å². The molecule has 0 saturated heterocycles. The van der Waals surface area contributed by atoms with Gasteiger partial charge in [-0.2, -0.15) is 9.82 Å². The van der Waals surface area contributed by atoms with Gasteiger partial charge in [-0.05, 0) is 101 Å². The van der Waals surface area contributed by atoms with Crippen LogP contribution in [0.2, 0.25) is 10.0 Å². The van der Waals surface area contributed by atoms with Crippen LogP contribution < -0.4 is 19.6 Å². The van der Waals surface area contributed by atoms with Crippen molar-refractivity contribution in [1.82, 2.24) is 10.1 Å². The molecule has 0 aliphatic carbocycles. The minimum atomic E-state index is -3.99. The third kappa shape index (κ3) is 9.67. The van der Waals surface area contributed by atoms with Crippen molar-refractivity contribution in [2.24, 2.45) is 5.10 Å². The Morgan fingerprint density at radius 3 is 2.33 bits per heavy atom. The number of ether oxygens (including phenoxy) is 2. The Labute approximate surface area is 274 Å². The molecule has 1 amide bonds. The number of carbonyl (C=O) groups excluding carboxylic acids is 1. The first-order chi connectivity index (χ1) is 20.6. The largest absolute Gasteiger partial charge is 0.490 e. The van der Waals surface area contributed by atoms with E-state index in [9.17, 15) is 13.2 Å². The molecule has 12 heteroatoms. The van der Waals surface area contributed by atoms with E-state index >= 15 is 0 Å². The minimum absolute atomic E-state index is 0.0544. The van der Waals surface area contributed by atoms with E-state index in [1.165, 1.54) is 18.3 Å². The molecule has 8 nitrogen and oxygen atoms in total. The van der Waals surface area contributed by atoms with Gasteiger partial charge in [0, 0.05) is 8.59 Å². The van der Waals surface area contributed by atoms with Gasteiger partial charge in [-0.1, -0.05) is 65.7 Å². The van der Waals surface area contributed by atoms with Crippen molar-refractivity contribution in [2.75, 3.05) is 6.61 Å². The molecule has 0 unspecified atom stereocenters. The molecule has 43 heavy (non-hydrogen) atoms. The maximum Gasteiger partial charge on any atom is 0.258 e. The average Bonchev–Trinajstić information content (AvgIpc) is 2.98. The van der Waals surface area contributed by atoms with Gasteiger partial charge in [-0.25, -0.2) is 13.8 Å². The molecule has 0 bridgehead atoms. The standard InChI is InChI=1S/C31H28Cl2IN3O5S/c1-2-41-29-18-23(16-27(33)30(29)42-20-22-8-10-24(32)11-9-22)19-35-36-31(38)28(17-21-6-4-3-5-7-21)37-43(39,40)26-14-12-25(34)13-15-26/h3-16,18-19,28,37H,2,17,20H2,1H3,(H,36,38)/b35-19-/t28-/m1/s1. The number of sulfonamides is 1. The molecule has 0 spiro atoms. The summed E-state index contributed by atoms with van der Waals surface area (Å²) in [4.78, 5) is 13.3. The fourth-order valence-corrected chi connectivity index (χ4v) is 5.91. The van der Waals surface area contributed by atoms with Gasteiger partial charge in [-0.15, -0.1) is 0 Å². The molecular weight excluding hydrogens is 724 g/mol. The SMILES string of the molecule is CCOc1cc(/C=N\NC(=O)[C@@H](Cc2ccccc2)NS(=O)(=O)c2ccc(I)cc2)cc(Cl)c1OCc1ccc(Cl)cc1. The molecule has 0 heterocycles. The smallest absolute Gasteiger partial charge is 0.258 e. The van der Waals surface area contributed by atoms with Crippen LogP contribution in [0.4, 0.5) is 0 Å². The van der Waals surface area contributed by atoms with Crippen molar-refractivity contribution in [3.63, 3.8) is 0 Å². The monoisotopic (exact) mass is 751 g/mol. The van der Waals surface area contributed by atoms with Gasteiger partial charge in [0.2, 0.25) is 10.0 Å². The summed E-state index contributed by atoms with van der Waals surface area (Å²) in [7, 11) is -3.99. The normalized spacial score (nSPS) is 12.2. The maximum absolute atomic E-state index is 13.2. The number of rotatable bonds is 13. The summed E-state index contributed by atoms with van der Waals surface area (Å²) in [5.41, 5.74) is 4.66. The first-order valence-corrected chi connectivity index (χ1v) is 16.4. The highest BCUT2D eigenvalue weighted by molar-refractivity contribution is 14.1. The van der Waals surface area contributed by atoms with Crippen molar-refractivity contribution in [1.29, 1.82) is 0 Å². The molecule has 0 saturated carbocycles. The fraction of sp³-hybridized carbons (Fsp3) is 0.161. The molecule has 0 aliphatic rings. The van der Waals surface area contributed by atoms with Crippen molar-refractivity contribution in [3.05, 3.63) is 121 Å². The molecule has 4 rings (SSSR count). The van der Waals surface area contributed by atoms with Crippen molar-refractivity contribution >= 4 is 67.9 Å². The number of amides is 1. The Kier molecular flexibility index (Phi) is 11.8. The molecule has 1 atom stereocenters. The quantitative estimate of drug-likeness (QED) is 0.0909. The summed E-state index contributed by atoms with van der Waals surface area (Å²) < 4.78 is 41.3. The van der Waals surface area contributed by atoms with Crippen molar-refractivity contribution < 1.29 is 22.7 Å².